The summed E-state index contributed by atoms with van der Waals surface area (Å²) in [5.74, 6) is -2.46. The van der Waals surface area contributed by atoms with Crippen LogP contribution in [0.5, 0.6) is 0 Å². The van der Waals surface area contributed by atoms with Gasteiger partial charge < -0.3 is 15.7 Å². The van der Waals surface area contributed by atoms with E-state index in [0.29, 0.717) is 21.8 Å². The van der Waals surface area contributed by atoms with Gasteiger partial charge in [-0.3, -0.25) is 9.59 Å². The third-order valence-corrected chi connectivity index (χ3v) is 6.71. The van der Waals surface area contributed by atoms with Crippen molar-refractivity contribution in [3.05, 3.63) is 94.0 Å². The Morgan fingerprint density at radius 2 is 1.54 bits per heavy atom. The minimum absolute atomic E-state index is 0.0556. The molecule has 1 atom stereocenters. The average molecular weight is 545 g/mol. The van der Waals surface area contributed by atoms with Crippen molar-refractivity contribution in [1.29, 1.82) is 0 Å². The fourth-order valence-electron chi connectivity index (χ4n) is 3.49. The third-order valence-electron chi connectivity index (χ3n) is 5.24. The molecular formula is C27H29ClN2O6S. The molecule has 8 nitrogen and oxygen atoms in total. The topological polar surface area (TPSA) is 130 Å². The van der Waals surface area contributed by atoms with Gasteiger partial charge in [-0.2, -0.15) is 0 Å². The molecule has 0 aliphatic rings. The molecule has 3 N–H and O–H groups in total. The summed E-state index contributed by atoms with van der Waals surface area (Å²) in [6, 6.07) is 15.9. The zero-order valence-electron chi connectivity index (χ0n) is 20.9. The van der Waals surface area contributed by atoms with Crippen molar-refractivity contribution in [2.75, 3.05) is 11.6 Å². The first kappa shape index (κ1) is 29.5. The second kappa shape index (κ2) is 13.0. The van der Waals surface area contributed by atoms with E-state index in [2.05, 4.69) is 10.6 Å². The van der Waals surface area contributed by atoms with Crippen LogP contribution in [-0.4, -0.2) is 43.6 Å². The molecule has 37 heavy (non-hydrogen) atoms. The van der Waals surface area contributed by atoms with E-state index in [1.807, 2.05) is 13.8 Å². The monoisotopic (exact) mass is 544 g/mol. The number of hydrogen-bond donors (Lipinski definition) is 3. The Kier molecular flexibility index (Phi) is 10.4. The standard InChI is InChI=1S/C25H23ClN2O6S.C2H6/c1-15-6-5-8-19(26)22(15)24(30)27-17-12-10-16(11-13-17)14-20(25(31)32)28-23(29)18-7-3-4-9-21(18)35(2,33)34;1-2/h3-13,20H,14H2,1-2H3,(H,27,30)(H,28,29)(H,31,32);1-2H3. The molecule has 0 fully saturated rings. The lowest BCUT2D eigenvalue weighted by Crippen LogP contribution is -2.42. The number of carboxylic acid groups (broad SMARTS) is 1. The van der Waals surface area contributed by atoms with E-state index in [-0.39, 0.29) is 22.8 Å². The van der Waals surface area contributed by atoms with Crippen molar-refractivity contribution < 1.29 is 27.9 Å². The first-order valence-corrected chi connectivity index (χ1v) is 13.7. The lowest BCUT2D eigenvalue weighted by atomic mass is 10.0. The Morgan fingerprint density at radius 1 is 0.919 bits per heavy atom. The lowest BCUT2D eigenvalue weighted by Gasteiger charge is -2.16. The number of amides is 2. The maximum atomic E-state index is 12.7. The summed E-state index contributed by atoms with van der Waals surface area (Å²) < 4.78 is 23.9. The predicted molar refractivity (Wildman–Crippen MR) is 144 cm³/mol. The van der Waals surface area contributed by atoms with E-state index in [1.54, 1.807) is 49.4 Å². The summed E-state index contributed by atoms with van der Waals surface area (Å²) in [5, 5.41) is 15.1. The molecule has 0 heterocycles. The molecule has 0 spiro atoms. The van der Waals surface area contributed by atoms with E-state index in [9.17, 15) is 27.9 Å². The lowest BCUT2D eigenvalue weighted by molar-refractivity contribution is -0.139. The molecule has 0 aromatic heterocycles. The van der Waals surface area contributed by atoms with Crippen LogP contribution < -0.4 is 10.6 Å². The highest BCUT2D eigenvalue weighted by Gasteiger charge is 2.24. The minimum atomic E-state index is -3.68. The summed E-state index contributed by atoms with van der Waals surface area (Å²) >= 11 is 6.14. The molecular weight excluding hydrogens is 516 g/mol. The number of anilines is 1. The van der Waals surface area contributed by atoms with Crippen LogP contribution in [0.25, 0.3) is 0 Å². The number of carboxylic acids is 1. The van der Waals surface area contributed by atoms with Gasteiger partial charge in [-0.1, -0.05) is 61.8 Å². The maximum absolute atomic E-state index is 12.7. The quantitative estimate of drug-likeness (QED) is 0.375. The summed E-state index contributed by atoms with van der Waals surface area (Å²) in [6.07, 6.45) is 0.918. The first-order valence-electron chi connectivity index (χ1n) is 11.5. The van der Waals surface area contributed by atoms with Crippen LogP contribution in [0.15, 0.2) is 71.6 Å². The Hall–Kier alpha value is -3.69. The maximum Gasteiger partial charge on any atom is 0.326 e. The smallest absolute Gasteiger partial charge is 0.326 e. The zero-order chi connectivity index (χ0) is 27.8. The fourth-order valence-corrected chi connectivity index (χ4v) is 4.68. The molecule has 0 saturated heterocycles. The number of aliphatic carboxylic acids is 1. The van der Waals surface area contributed by atoms with Gasteiger partial charge in [0.15, 0.2) is 9.84 Å². The second-order valence-corrected chi connectivity index (χ2v) is 10.3. The van der Waals surface area contributed by atoms with Crippen molar-refractivity contribution in [1.82, 2.24) is 5.32 Å². The number of carbonyl (C=O) groups excluding carboxylic acids is 2. The average Bonchev–Trinajstić information content (AvgIpc) is 2.85. The number of carbonyl (C=O) groups is 3. The Labute approximate surface area is 221 Å². The summed E-state index contributed by atoms with van der Waals surface area (Å²) in [7, 11) is -3.68. The van der Waals surface area contributed by atoms with Gasteiger partial charge in [0.1, 0.15) is 6.04 Å². The molecule has 3 aromatic rings. The molecule has 0 radical (unpaired) electrons. The normalized spacial score (nSPS) is 11.5. The predicted octanol–water partition coefficient (Wildman–Crippen LogP) is 4.76. The summed E-state index contributed by atoms with van der Waals surface area (Å²) in [4.78, 5) is 36.9. The van der Waals surface area contributed by atoms with E-state index in [4.69, 9.17) is 11.6 Å². The number of sulfone groups is 1. The van der Waals surface area contributed by atoms with Gasteiger partial charge in [0.25, 0.3) is 11.8 Å². The largest absolute Gasteiger partial charge is 0.480 e. The van der Waals surface area contributed by atoms with Gasteiger partial charge in [0.05, 0.1) is 21.0 Å². The molecule has 3 aromatic carbocycles. The number of aryl methyl sites for hydroxylation is 1. The van der Waals surface area contributed by atoms with Gasteiger partial charge in [0, 0.05) is 18.4 Å². The molecule has 0 saturated carbocycles. The third kappa shape index (κ3) is 7.90. The second-order valence-electron chi connectivity index (χ2n) is 7.92. The molecule has 3 rings (SSSR count). The van der Waals surface area contributed by atoms with Crippen LogP contribution >= 0.6 is 11.6 Å². The minimum Gasteiger partial charge on any atom is -0.480 e. The van der Waals surface area contributed by atoms with Crippen LogP contribution in [0.4, 0.5) is 5.69 Å². The molecule has 0 bridgehead atoms. The number of halogens is 1. The molecule has 10 heteroatoms. The van der Waals surface area contributed by atoms with E-state index in [0.717, 1.165) is 11.8 Å². The number of benzene rings is 3. The van der Waals surface area contributed by atoms with Crippen LogP contribution in [0.1, 0.15) is 45.7 Å². The SMILES string of the molecule is CC.Cc1cccc(Cl)c1C(=O)Nc1ccc(CC(NC(=O)c2ccccc2S(C)(=O)=O)C(=O)O)cc1. The Bertz CT molecular complexity index is 1370. The molecule has 2 amide bonds. The molecule has 1 unspecified atom stereocenters. The zero-order valence-corrected chi connectivity index (χ0v) is 22.5. The highest BCUT2D eigenvalue weighted by Crippen LogP contribution is 2.22. The van der Waals surface area contributed by atoms with Crippen LogP contribution in [0, 0.1) is 6.92 Å². The van der Waals surface area contributed by atoms with E-state index in [1.165, 1.54) is 24.3 Å². The number of hydrogen-bond acceptors (Lipinski definition) is 5. The van der Waals surface area contributed by atoms with Crippen molar-refractivity contribution in [3.8, 4) is 0 Å². The Morgan fingerprint density at radius 3 is 2.11 bits per heavy atom. The number of rotatable bonds is 8. The van der Waals surface area contributed by atoms with Crippen molar-refractivity contribution in [2.24, 2.45) is 0 Å². The molecule has 196 valence electrons. The summed E-state index contributed by atoms with van der Waals surface area (Å²) in [6.45, 7) is 5.78. The molecule has 0 aliphatic heterocycles. The van der Waals surface area contributed by atoms with E-state index >= 15 is 0 Å². The molecule has 0 aliphatic carbocycles. The summed E-state index contributed by atoms with van der Waals surface area (Å²) in [5.41, 5.74) is 2.02. The van der Waals surface area contributed by atoms with Gasteiger partial charge >= 0.3 is 5.97 Å². The first-order chi connectivity index (χ1) is 17.5. The highest BCUT2D eigenvalue weighted by molar-refractivity contribution is 7.90. The van der Waals surface area contributed by atoms with Gasteiger partial charge in [0.2, 0.25) is 0 Å². The van der Waals surface area contributed by atoms with Crippen molar-refractivity contribution in [2.45, 2.75) is 38.1 Å². The van der Waals surface area contributed by atoms with Gasteiger partial charge in [-0.15, -0.1) is 0 Å². The highest BCUT2D eigenvalue weighted by atomic mass is 35.5. The van der Waals surface area contributed by atoms with Crippen LogP contribution in [-0.2, 0) is 21.1 Å². The van der Waals surface area contributed by atoms with Crippen molar-refractivity contribution >= 4 is 44.9 Å². The van der Waals surface area contributed by atoms with Gasteiger partial charge in [-0.25, -0.2) is 13.2 Å². The van der Waals surface area contributed by atoms with Crippen LogP contribution in [0.3, 0.4) is 0 Å². The van der Waals surface area contributed by atoms with E-state index < -0.39 is 27.8 Å². The van der Waals surface area contributed by atoms with Crippen LogP contribution in [0.2, 0.25) is 5.02 Å². The Balaban J connectivity index is 0.00000235. The van der Waals surface area contributed by atoms with Crippen molar-refractivity contribution in [3.63, 3.8) is 0 Å². The number of nitrogens with one attached hydrogen (secondary N) is 2. The fraction of sp³-hybridized carbons (Fsp3) is 0.222. The van der Waals surface area contributed by atoms with Gasteiger partial charge in [-0.05, 0) is 48.4 Å².